The number of benzene rings is 1. The lowest BCUT2D eigenvalue weighted by atomic mass is 10.1. The first-order valence-corrected chi connectivity index (χ1v) is 7.21. The third-order valence-electron chi connectivity index (χ3n) is 4.21. The maximum Gasteiger partial charge on any atom is 0.254 e. The van der Waals surface area contributed by atoms with Crippen LogP contribution in [-0.2, 0) is 0 Å². The van der Waals surface area contributed by atoms with Gasteiger partial charge < -0.3 is 15.5 Å². The van der Waals surface area contributed by atoms with Crippen molar-refractivity contribution in [3.8, 4) is 0 Å². The van der Waals surface area contributed by atoms with Crippen LogP contribution in [0.3, 0.4) is 0 Å². The summed E-state index contributed by atoms with van der Waals surface area (Å²) in [4.78, 5) is 21.3. The van der Waals surface area contributed by atoms with Gasteiger partial charge in [-0.05, 0) is 26.1 Å². The van der Waals surface area contributed by atoms with Gasteiger partial charge in [0.2, 0.25) is 0 Å². The SMILES string of the molecule is CC1CN(C(=O)c2cc(N)nc3ccccc23)CCN1C. The molecule has 21 heavy (non-hydrogen) atoms. The van der Waals surface area contributed by atoms with Gasteiger partial charge in [0, 0.05) is 31.1 Å². The molecule has 0 spiro atoms. The summed E-state index contributed by atoms with van der Waals surface area (Å²) in [6.07, 6.45) is 0. The average molecular weight is 284 g/mol. The standard InChI is InChI=1S/C16H20N4O/c1-11-10-20(8-7-19(11)2)16(21)13-9-15(17)18-14-6-4-3-5-12(13)14/h3-6,9,11H,7-8,10H2,1-2H3,(H2,17,18). The van der Waals surface area contributed by atoms with Crippen molar-refractivity contribution in [2.45, 2.75) is 13.0 Å². The first kappa shape index (κ1) is 13.8. The number of carbonyl (C=O) groups excluding carboxylic acids is 1. The van der Waals surface area contributed by atoms with E-state index in [1.54, 1.807) is 6.07 Å². The number of piperazine rings is 1. The Labute approximate surface area is 124 Å². The van der Waals surface area contributed by atoms with Gasteiger partial charge in [0.05, 0.1) is 11.1 Å². The van der Waals surface area contributed by atoms with Gasteiger partial charge >= 0.3 is 0 Å². The summed E-state index contributed by atoms with van der Waals surface area (Å²) >= 11 is 0. The van der Waals surface area contributed by atoms with Gasteiger partial charge in [-0.25, -0.2) is 4.98 Å². The highest BCUT2D eigenvalue weighted by Crippen LogP contribution is 2.22. The van der Waals surface area contributed by atoms with E-state index < -0.39 is 0 Å². The molecule has 1 saturated heterocycles. The molecule has 2 aromatic rings. The Hall–Kier alpha value is -2.14. The maximum absolute atomic E-state index is 12.8. The summed E-state index contributed by atoms with van der Waals surface area (Å²) in [5, 5.41) is 0.864. The minimum absolute atomic E-state index is 0.0419. The van der Waals surface area contributed by atoms with Gasteiger partial charge in [0.1, 0.15) is 5.82 Å². The Kier molecular flexibility index (Phi) is 3.51. The molecule has 1 fully saturated rings. The molecule has 1 unspecified atom stereocenters. The lowest BCUT2D eigenvalue weighted by Gasteiger charge is -2.37. The van der Waals surface area contributed by atoms with Gasteiger partial charge in [-0.1, -0.05) is 18.2 Å². The zero-order valence-electron chi connectivity index (χ0n) is 12.4. The highest BCUT2D eigenvalue weighted by Gasteiger charge is 2.26. The Morgan fingerprint density at radius 2 is 2.10 bits per heavy atom. The molecule has 2 heterocycles. The van der Waals surface area contributed by atoms with Gasteiger partial charge in [-0.2, -0.15) is 0 Å². The third-order valence-corrected chi connectivity index (χ3v) is 4.21. The number of nitrogen functional groups attached to an aromatic ring is 1. The number of fused-ring (bicyclic) bond motifs is 1. The van der Waals surface area contributed by atoms with E-state index in [0.717, 1.165) is 30.5 Å². The van der Waals surface area contributed by atoms with Crippen LogP contribution in [-0.4, -0.2) is 53.4 Å². The molecular formula is C16H20N4O. The van der Waals surface area contributed by atoms with Gasteiger partial charge in [0.25, 0.3) is 5.91 Å². The van der Waals surface area contributed by atoms with E-state index in [-0.39, 0.29) is 5.91 Å². The minimum atomic E-state index is 0.0419. The van der Waals surface area contributed by atoms with Crippen LogP contribution in [0.4, 0.5) is 5.82 Å². The molecule has 0 bridgehead atoms. The van der Waals surface area contributed by atoms with E-state index in [1.807, 2.05) is 29.2 Å². The average Bonchev–Trinajstić information content (AvgIpc) is 2.48. The van der Waals surface area contributed by atoms with Crippen LogP contribution in [0, 0.1) is 0 Å². The van der Waals surface area contributed by atoms with Crippen LogP contribution in [0.15, 0.2) is 30.3 Å². The number of hydrogen-bond acceptors (Lipinski definition) is 4. The first-order chi connectivity index (χ1) is 10.1. The van der Waals surface area contributed by atoms with Gasteiger partial charge in [-0.15, -0.1) is 0 Å². The van der Waals surface area contributed by atoms with Crippen molar-refractivity contribution in [3.05, 3.63) is 35.9 Å². The predicted molar refractivity (Wildman–Crippen MR) is 84.2 cm³/mol. The van der Waals surface area contributed by atoms with Crippen molar-refractivity contribution < 1.29 is 4.79 Å². The van der Waals surface area contributed by atoms with Crippen molar-refractivity contribution in [2.24, 2.45) is 0 Å². The van der Waals surface area contributed by atoms with Crippen LogP contribution in [0.2, 0.25) is 0 Å². The fraction of sp³-hybridized carbons (Fsp3) is 0.375. The largest absolute Gasteiger partial charge is 0.384 e. The number of likely N-dealkylation sites (N-methyl/N-ethyl adjacent to an activating group) is 1. The second kappa shape index (κ2) is 5.33. The number of nitrogens with two attached hydrogens (primary N) is 1. The van der Waals surface area contributed by atoms with Crippen molar-refractivity contribution in [3.63, 3.8) is 0 Å². The number of carbonyl (C=O) groups is 1. The molecule has 5 heteroatoms. The molecule has 1 aliphatic heterocycles. The summed E-state index contributed by atoms with van der Waals surface area (Å²) in [5.41, 5.74) is 7.27. The summed E-state index contributed by atoms with van der Waals surface area (Å²) in [6.45, 7) is 4.52. The van der Waals surface area contributed by atoms with E-state index in [4.69, 9.17) is 5.73 Å². The van der Waals surface area contributed by atoms with Crippen LogP contribution < -0.4 is 5.73 Å². The summed E-state index contributed by atoms with van der Waals surface area (Å²) < 4.78 is 0. The lowest BCUT2D eigenvalue weighted by Crippen LogP contribution is -2.52. The highest BCUT2D eigenvalue weighted by molar-refractivity contribution is 6.06. The molecule has 0 aliphatic carbocycles. The monoisotopic (exact) mass is 284 g/mol. The normalized spacial score (nSPS) is 19.9. The summed E-state index contributed by atoms with van der Waals surface area (Å²) in [7, 11) is 2.09. The minimum Gasteiger partial charge on any atom is -0.384 e. The molecule has 1 atom stereocenters. The van der Waals surface area contributed by atoms with Crippen molar-refractivity contribution in [2.75, 3.05) is 32.4 Å². The van der Waals surface area contributed by atoms with Crippen molar-refractivity contribution in [1.82, 2.24) is 14.8 Å². The van der Waals surface area contributed by atoms with Crippen molar-refractivity contribution >= 4 is 22.6 Å². The predicted octanol–water partition coefficient (Wildman–Crippen LogP) is 1.59. The summed E-state index contributed by atoms with van der Waals surface area (Å²) in [6, 6.07) is 9.69. The zero-order valence-corrected chi connectivity index (χ0v) is 12.4. The Morgan fingerprint density at radius 1 is 1.33 bits per heavy atom. The van der Waals surface area contributed by atoms with E-state index in [0.29, 0.717) is 17.4 Å². The Bertz CT molecular complexity index is 685. The molecule has 1 aromatic carbocycles. The molecule has 0 radical (unpaired) electrons. The van der Waals surface area contributed by atoms with Crippen LogP contribution in [0.1, 0.15) is 17.3 Å². The molecule has 1 aliphatic rings. The van der Waals surface area contributed by atoms with Crippen LogP contribution >= 0.6 is 0 Å². The molecule has 3 rings (SSSR count). The molecule has 110 valence electrons. The van der Waals surface area contributed by atoms with E-state index in [2.05, 4.69) is 23.9 Å². The maximum atomic E-state index is 12.8. The Balaban J connectivity index is 1.98. The smallest absolute Gasteiger partial charge is 0.254 e. The summed E-state index contributed by atoms with van der Waals surface area (Å²) in [5.74, 6) is 0.430. The molecule has 1 aromatic heterocycles. The lowest BCUT2D eigenvalue weighted by molar-refractivity contribution is 0.0574. The number of para-hydroxylation sites is 1. The number of anilines is 1. The number of rotatable bonds is 1. The molecule has 1 amide bonds. The topological polar surface area (TPSA) is 62.5 Å². The highest BCUT2D eigenvalue weighted by atomic mass is 16.2. The first-order valence-electron chi connectivity index (χ1n) is 7.21. The van der Waals surface area contributed by atoms with Crippen LogP contribution in [0.5, 0.6) is 0 Å². The second-order valence-electron chi connectivity index (χ2n) is 5.69. The number of hydrogen-bond donors (Lipinski definition) is 1. The van der Waals surface area contributed by atoms with E-state index in [1.165, 1.54) is 0 Å². The van der Waals surface area contributed by atoms with Crippen molar-refractivity contribution in [1.29, 1.82) is 0 Å². The number of pyridine rings is 1. The van der Waals surface area contributed by atoms with Gasteiger partial charge in [0.15, 0.2) is 0 Å². The Morgan fingerprint density at radius 3 is 2.86 bits per heavy atom. The van der Waals surface area contributed by atoms with Gasteiger partial charge in [-0.3, -0.25) is 4.79 Å². The zero-order chi connectivity index (χ0) is 15.0. The fourth-order valence-corrected chi connectivity index (χ4v) is 2.78. The number of aromatic nitrogens is 1. The molecule has 5 nitrogen and oxygen atoms in total. The number of nitrogens with zero attached hydrogens (tertiary/aromatic N) is 3. The molecule has 2 N–H and O–H groups in total. The fourth-order valence-electron chi connectivity index (χ4n) is 2.78. The second-order valence-corrected chi connectivity index (χ2v) is 5.69. The van der Waals surface area contributed by atoms with Crippen LogP contribution in [0.25, 0.3) is 10.9 Å². The molecular weight excluding hydrogens is 264 g/mol. The van der Waals surface area contributed by atoms with E-state index >= 15 is 0 Å². The molecule has 0 saturated carbocycles. The third kappa shape index (κ3) is 2.56. The number of amides is 1. The quantitative estimate of drug-likeness (QED) is 0.864. The van der Waals surface area contributed by atoms with E-state index in [9.17, 15) is 4.79 Å².